The number of fused-ring (bicyclic) bond motifs is 1. The molecule has 0 saturated carbocycles. The summed E-state index contributed by atoms with van der Waals surface area (Å²) in [5, 5.41) is 0. The van der Waals surface area contributed by atoms with Crippen LogP contribution in [0.5, 0.6) is 0 Å². The molecule has 0 spiro atoms. The first-order valence-electron chi connectivity index (χ1n) is 7.64. The topological polar surface area (TPSA) is 26.0 Å². The molecule has 1 aliphatic rings. The zero-order valence-corrected chi connectivity index (χ0v) is 18.7. The molecule has 2 N–H and O–H groups in total. The first-order chi connectivity index (χ1) is 11.4. The molecule has 1 nitrogen and oxygen atoms in total. The van der Waals surface area contributed by atoms with Gasteiger partial charge in [-0.2, -0.15) is 0 Å². The first kappa shape index (κ1) is 21.9. The van der Waals surface area contributed by atoms with Gasteiger partial charge in [0, 0.05) is 5.92 Å². The van der Waals surface area contributed by atoms with E-state index in [0.717, 1.165) is 24.7 Å². The Balaban J connectivity index is 0.000000755. The van der Waals surface area contributed by atoms with Gasteiger partial charge in [0.05, 0.1) is 0 Å². The maximum absolute atomic E-state index is 4.64. The van der Waals surface area contributed by atoms with E-state index < -0.39 is 0 Å². The van der Waals surface area contributed by atoms with Gasteiger partial charge in [0.15, 0.2) is 0 Å². The molecule has 0 saturated heterocycles. The zero-order valence-electron chi connectivity index (χ0n) is 13.6. The molecule has 0 radical (unpaired) electrons. The number of rotatable bonds is 2. The Bertz CT molecular complexity index is 819. The quantitative estimate of drug-likeness (QED) is 0.417. The fourth-order valence-electron chi connectivity index (χ4n) is 3.17. The predicted octanol–water partition coefficient (Wildman–Crippen LogP) is -1.07. The van der Waals surface area contributed by atoms with E-state index in [1.54, 1.807) is 0 Å². The Kier molecular flexibility index (Phi) is 9.37. The van der Waals surface area contributed by atoms with E-state index in [9.17, 15) is 0 Å². The van der Waals surface area contributed by atoms with Crippen molar-refractivity contribution in [1.82, 2.24) is 0 Å². The molecule has 0 bridgehead atoms. The summed E-state index contributed by atoms with van der Waals surface area (Å²) in [6, 6.07) is 28.0. The Morgan fingerprint density at radius 1 is 0.640 bits per heavy atom. The average Bonchev–Trinajstić information content (AvgIpc) is 3.08. The van der Waals surface area contributed by atoms with Crippen molar-refractivity contribution >= 4 is 6.08 Å². The van der Waals surface area contributed by atoms with Gasteiger partial charge in [-0.3, -0.25) is 0 Å². The van der Waals surface area contributed by atoms with Crippen LogP contribution >= 0.6 is 0 Å². The molecule has 1 atom stereocenters. The van der Waals surface area contributed by atoms with Crippen molar-refractivity contribution in [3.05, 3.63) is 102 Å². The number of allylic oxidation sites excluding steroid dienone is 1. The number of hydrogen-bond acceptors (Lipinski definition) is 1. The van der Waals surface area contributed by atoms with Crippen LogP contribution in [0.3, 0.4) is 0 Å². The van der Waals surface area contributed by atoms with E-state index in [1.807, 2.05) is 0 Å². The number of nitrogens with two attached hydrogens (primary N) is 1. The third-order valence-corrected chi connectivity index (χ3v) is 4.18. The van der Waals surface area contributed by atoms with Crippen LogP contribution in [0.25, 0.3) is 17.2 Å². The molecule has 0 heterocycles. The van der Waals surface area contributed by atoms with E-state index in [-0.39, 0.29) is 24.8 Å². The van der Waals surface area contributed by atoms with Crippen molar-refractivity contribution < 1.29 is 49.5 Å². The summed E-state index contributed by atoms with van der Waals surface area (Å²) < 4.78 is 4.64. The van der Waals surface area contributed by atoms with Crippen molar-refractivity contribution in [2.75, 3.05) is 0 Å². The van der Waals surface area contributed by atoms with E-state index in [4.69, 9.17) is 0 Å². The minimum absolute atomic E-state index is 0. The van der Waals surface area contributed by atoms with E-state index in [2.05, 4.69) is 94.7 Å². The Morgan fingerprint density at radius 2 is 1.20 bits per heavy atom. The van der Waals surface area contributed by atoms with Crippen LogP contribution in [0.1, 0.15) is 22.6 Å². The molecule has 25 heavy (non-hydrogen) atoms. The normalized spacial score (nSPS) is 13.6. The van der Waals surface area contributed by atoms with E-state index in [0.29, 0.717) is 5.92 Å². The fourth-order valence-corrected chi connectivity index (χ4v) is 3.17. The summed E-state index contributed by atoms with van der Waals surface area (Å²) in [6.07, 6.45) is 4.55. The molecule has 1 unspecified atom stereocenters. The average molecular weight is 534 g/mol. The SMILES string of the molecule is C1=CC(c2ccccc2-c2ccccc2)c2ccccc21.[Cl-].[Cl-].[NH2][Hf+2]. The van der Waals surface area contributed by atoms with Gasteiger partial charge in [-0.15, -0.1) is 0 Å². The number of halogens is 2. The van der Waals surface area contributed by atoms with Crippen molar-refractivity contribution in [2.45, 2.75) is 5.92 Å². The Labute approximate surface area is 177 Å². The second kappa shape index (κ2) is 10.7. The van der Waals surface area contributed by atoms with E-state index in [1.165, 1.54) is 27.8 Å². The van der Waals surface area contributed by atoms with Gasteiger partial charge in [0.25, 0.3) is 0 Å². The third kappa shape index (κ3) is 4.71. The monoisotopic (exact) mass is 534 g/mol. The zero-order chi connectivity index (χ0) is 16.1. The van der Waals surface area contributed by atoms with Crippen molar-refractivity contribution in [2.24, 2.45) is 3.72 Å². The van der Waals surface area contributed by atoms with Crippen molar-refractivity contribution in [3.63, 3.8) is 0 Å². The van der Waals surface area contributed by atoms with Crippen LogP contribution in [0.4, 0.5) is 0 Å². The van der Waals surface area contributed by atoms with Gasteiger partial charge >= 0.3 is 28.4 Å². The third-order valence-electron chi connectivity index (χ3n) is 4.18. The van der Waals surface area contributed by atoms with E-state index >= 15 is 0 Å². The summed E-state index contributed by atoms with van der Waals surface area (Å²) in [7, 11) is 0. The van der Waals surface area contributed by atoms with Crippen molar-refractivity contribution in [1.29, 1.82) is 0 Å². The summed E-state index contributed by atoms with van der Waals surface area (Å²) in [4.78, 5) is 0. The summed E-state index contributed by atoms with van der Waals surface area (Å²) in [5.74, 6) is 0.359. The molecule has 0 amide bonds. The van der Waals surface area contributed by atoms with Gasteiger partial charge in [0.1, 0.15) is 0 Å². The van der Waals surface area contributed by atoms with Crippen LogP contribution in [0, 0.1) is 0 Å². The first-order valence-corrected chi connectivity index (χ1v) is 9.71. The Hall–Kier alpha value is -1.19. The summed E-state index contributed by atoms with van der Waals surface area (Å²) in [6.45, 7) is 0. The molecular formula is C21H18Cl2HfN. The molecule has 4 heteroatoms. The summed E-state index contributed by atoms with van der Waals surface area (Å²) in [5.41, 5.74) is 6.73. The molecule has 125 valence electrons. The van der Waals surface area contributed by atoms with Crippen molar-refractivity contribution in [3.8, 4) is 11.1 Å². The Morgan fingerprint density at radius 3 is 1.92 bits per heavy atom. The van der Waals surface area contributed by atoms with Crippen LogP contribution in [-0.2, 0) is 24.7 Å². The van der Waals surface area contributed by atoms with Gasteiger partial charge in [-0.1, -0.05) is 91.0 Å². The fraction of sp³-hybridized carbons (Fsp3) is 0.0476. The number of benzene rings is 3. The second-order valence-electron chi connectivity index (χ2n) is 5.42. The maximum atomic E-state index is 4.64. The van der Waals surface area contributed by atoms with Gasteiger partial charge in [-0.25, -0.2) is 0 Å². The molecule has 4 rings (SSSR count). The number of hydrogen-bond donors (Lipinski definition) is 1. The van der Waals surface area contributed by atoms with Crippen LogP contribution in [0.15, 0.2) is 84.9 Å². The van der Waals surface area contributed by atoms with Gasteiger partial charge in [0.2, 0.25) is 0 Å². The molecular weight excluding hydrogens is 516 g/mol. The standard InChI is InChI=1S/C21H16.2ClH.Hf.H2N/c1-2-8-16(9-3-1)18-12-6-7-13-20(18)21-15-14-17-10-4-5-11-19(17)21;;;;/h1-15,21H;2*1H;;1H2/q;;;+3;-1/p-2. The molecule has 0 aliphatic heterocycles. The molecule has 0 fully saturated rings. The molecule has 0 aromatic heterocycles. The van der Waals surface area contributed by atoms with Crippen LogP contribution in [-0.4, -0.2) is 0 Å². The predicted molar refractivity (Wildman–Crippen MR) is 93.4 cm³/mol. The van der Waals surface area contributed by atoms with Crippen LogP contribution < -0.4 is 28.5 Å². The van der Waals surface area contributed by atoms with Gasteiger partial charge in [-0.05, 0) is 27.8 Å². The van der Waals surface area contributed by atoms with Gasteiger partial charge < -0.3 is 24.8 Å². The van der Waals surface area contributed by atoms with Crippen LogP contribution in [0.2, 0.25) is 0 Å². The molecule has 3 aromatic carbocycles. The minimum atomic E-state index is 0. The molecule has 3 aromatic rings. The second-order valence-corrected chi connectivity index (χ2v) is 5.42. The summed E-state index contributed by atoms with van der Waals surface area (Å²) >= 11 is 0.806. The molecule has 1 aliphatic carbocycles.